The number of esters is 1. The molecule has 1 amide bonds. The van der Waals surface area contributed by atoms with Gasteiger partial charge in [0.25, 0.3) is 5.56 Å². The van der Waals surface area contributed by atoms with Gasteiger partial charge in [-0.15, -0.1) is 0 Å². The fourth-order valence-electron chi connectivity index (χ4n) is 2.51. The summed E-state index contributed by atoms with van der Waals surface area (Å²) in [6, 6.07) is 0. The highest BCUT2D eigenvalue weighted by atomic mass is 32.2. The van der Waals surface area contributed by atoms with Crippen LogP contribution < -0.4 is 5.56 Å². The lowest BCUT2D eigenvalue weighted by atomic mass is 10.1. The molecule has 0 radical (unpaired) electrons. The van der Waals surface area contributed by atoms with E-state index in [-0.39, 0.29) is 24.6 Å². The van der Waals surface area contributed by atoms with E-state index >= 15 is 0 Å². The van der Waals surface area contributed by atoms with Crippen LogP contribution in [0.4, 0.5) is 0 Å². The molecule has 0 saturated carbocycles. The Labute approximate surface area is 139 Å². The van der Waals surface area contributed by atoms with Gasteiger partial charge in [-0.1, -0.05) is 11.8 Å². The van der Waals surface area contributed by atoms with Gasteiger partial charge in [0.15, 0.2) is 5.16 Å². The first kappa shape index (κ1) is 17.5. The minimum absolute atomic E-state index is 0.102. The van der Waals surface area contributed by atoms with E-state index in [1.165, 1.54) is 22.5 Å². The quantitative estimate of drug-likeness (QED) is 0.455. The molecule has 0 spiro atoms. The second-order valence-electron chi connectivity index (χ2n) is 5.21. The molecule has 0 bridgehead atoms. The number of hydrogen-bond donors (Lipinski definition) is 0. The summed E-state index contributed by atoms with van der Waals surface area (Å²) in [5.41, 5.74) is -0.677. The van der Waals surface area contributed by atoms with Crippen LogP contribution in [0.25, 0.3) is 0 Å². The Morgan fingerprint density at radius 3 is 2.61 bits per heavy atom. The van der Waals surface area contributed by atoms with Crippen molar-refractivity contribution < 1.29 is 14.3 Å². The Balaban J connectivity index is 2.28. The van der Waals surface area contributed by atoms with Crippen molar-refractivity contribution in [3.63, 3.8) is 0 Å². The molecule has 126 valence electrons. The summed E-state index contributed by atoms with van der Waals surface area (Å²) < 4.78 is 6.12. The van der Waals surface area contributed by atoms with E-state index in [1.54, 1.807) is 18.1 Å². The maximum absolute atomic E-state index is 12.5. The molecule has 0 aliphatic carbocycles. The van der Waals surface area contributed by atoms with Crippen LogP contribution >= 0.6 is 11.8 Å². The molecule has 1 aromatic rings. The summed E-state index contributed by atoms with van der Waals surface area (Å²) in [7, 11) is 0. The summed E-state index contributed by atoms with van der Waals surface area (Å²) in [6.45, 7) is 3.17. The number of likely N-dealkylation sites (tertiary alicyclic amines) is 1. The number of thioether (sulfide) groups is 1. The normalized spacial score (nSPS) is 14.6. The number of carbonyl (C=O) groups excluding carboxylic acids is 2. The van der Waals surface area contributed by atoms with Crippen molar-refractivity contribution in [3.8, 4) is 0 Å². The average Bonchev–Trinajstić information content (AvgIpc) is 2.57. The Bertz CT molecular complexity index is 638. The summed E-state index contributed by atoms with van der Waals surface area (Å²) in [5.74, 6) is -0.832. The lowest BCUT2D eigenvalue weighted by molar-refractivity contribution is -0.132. The topological polar surface area (TPSA) is 81.5 Å². The van der Waals surface area contributed by atoms with Crippen LogP contribution in [0.5, 0.6) is 0 Å². The minimum atomic E-state index is -0.711. The van der Waals surface area contributed by atoms with Gasteiger partial charge in [-0.05, 0) is 32.4 Å². The van der Waals surface area contributed by atoms with Crippen molar-refractivity contribution in [2.75, 3.05) is 26.0 Å². The number of amides is 1. The zero-order valence-corrected chi connectivity index (χ0v) is 14.2. The number of hydrogen-bond acceptors (Lipinski definition) is 6. The number of aromatic nitrogens is 2. The van der Waals surface area contributed by atoms with Gasteiger partial charge in [-0.25, -0.2) is 9.78 Å². The molecule has 1 aromatic heterocycles. The van der Waals surface area contributed by atoms with Crippen molar-refractivity contribution in [1.82, 2.24) is 14.5 Å². The second kappa shape index (κ2) is 8.14. The van der Waals surface area contributed by atoms with Crippen LogP contribution in [-0.2, 0) is 16.1 Å². The summed E-state index contributed by atoms with van der Waals surface area (Å²) >= 11 is 1.26. The number of carbonyl (C=O) groups is 2. The van der Waals surface area contributed by atoms with Gasteiger partial charge >= 0.3 is 5.97 Å². The lowest BCUT2D eigenvalue weighted by Crippen LogP contribution is -2.41. The first-order valence-electron chi connectivity index (χ1n) is 7.67. The second-order valence-corrected chi connectivity index (χ2v) is 5.99. The Morgan fingerprint density at radius 2 is 2.00 bits per heavy atom. The van der Waals surface area contributed by atoms with Crippen LogP contribution in [0.1, 0.15) is 36.5 Å². The number of ether oxygens (including phenoxy) is 1. The van der Waals surface area contributed by atoms with Crippen LogP contribution in [0, 0.1) is 0 Å². The molecular weight excluding hydrogens is 318 g/mol. The predicted molar refractivity (Wildman–Crippen MR) is 86.7 cm³/mol. The van der Waals surface area contributed by atoms with Gasteiger partial charge in [-0.2, -0.15) is 0 Å². The molecule has 1 fully saturated rings. The molecule has 23 heavy (non-hydrogen) atoms. The fraction of sp³-hybridized carbons (Fsp3) is 0.600. The summed E-state index contributed by atoms with van der Waals surface area (Å²) in [4.78, 5) is 42.6. The zero-order valence-electron chi connectivity index (χ0n) is 13.4. The third-order valence-corrected chi connectivity index (χ3v) is 4.38. The van der Waals surface area contributed by atoms with Crippen molar-refractivity contribution >= 4 is 23.6 Å². The van der Waals surface area contributed by atoms with E-state index in [0.717, 1.165) is 19.3 Å². The third-order valence-electron chi connectivity index (χ3n) is 3.69. The van der Waals surface area contributed by atoms with Crippen LogP contribution in [0.3, 0.4) is 0 Å². The van der Waals surface area contributed by atoms with Crippen LogP contribution in [0.2, 0.25) is 0 Å². The molecule has 1 saturated heterocycles. The lowest BCUT2D eigenvalue weighted by Gasteiger charge is -2.27. The molecule has 1 aliphatic heterocycles. The number of nitrogens with zero attached hydrogens (tertiary/aromatic N) is 3. The molecule has 2 heterocycles. The molecule has 0 aromatic carbocycles. The largest absolute Gasteiger partial charge is 0.462 e. The minimum Gasteiger partial charge on any atom is -0.462 e. The first-order chi connectivity index (χ1) is 11.1. The van der Waals surface area contributed by atoms with Gasteiger partial charge in [0, 0.05) is 13.1 Å². The monoisotopic (exact) mass is 339 g/mol. The Kier molecular flexibility index (Phi) is 6.20. The zero-order chi connectivity index (χ0) is 16.8. The number of piperidine rings is 1. The SMILES string of the molecule is CCOC(=O)c1cnc(SC)n(CC(=O)N2CCCCC2)c1=O. The van der Waals surface area contributed by atoms with E-state index < -0.39 is 11.5 Å². The Morgan fingerprint density at radius 1 is 1.30 bits per heavy atom. The highest BCUT2D eigenvalue weighted by Crippen LogP contribution is 2.13. The highest BCUT2D eigenvalue weighted by Gasteiger charge is 2.22. The van der Waals surface area contributed by atoms with Crippen molar-refractivity contribution in [1.29, 1.82) is 0 Å². The first-order valence-corrected chi connectivity index (χ1v) is 8.89. The van der Waals surface area contributed by atoms with Crippen molar-refractivity contribution in [3.05, 3.63) is 22.1 Å². The summed E-state index contributed by atoms with van der Waals surface area (Å²) in [6.07, 6.45) is 6.08. The van der Waals surface area contributed by atoms with E-state index in [0.29, 0.717) is 18.2 Å². The van der Waals surface area contributed by atoms with Crippen molar-refractivity contribution in [2.45, 2.75) is 37.9 Å². The van der Waals surface area contributed by atoms with Gasteiger partial charge in [0.05, 0.1) is 12.8 Å². The molecule has 0 N–H and O–H groups in total. The van der Waals surface area contributed by atoms with E-state index in [1.807, 2.05) is 0 Å². The van der Waals surface area contributed by atoms with Crippen LogP contribution in [-0.4, -0.2) is 52.3 Å². The van der Waals surface area contributed by atoms with Crippen molar-refractivity contribution in [2.24, 2.45) is 0 Å². The fourth-order valence-corrected chi connectivity index (χ4v) is 3.03. The maximum atomic E-state index is 12.5. The number of rotatable bonds is 5. The maximum Gasteiger partial charge on any atom is 0.345 e. The third kappa shape index (κ3) is 4.13. The molecule has 8 heteroatoms. The van der Waals surface area contributed by atoms with Gasteiger partial charge in [-0.3, -0.25) is 14.2 Å². The highest BCUT2D eigenvalue weighted by molar-refractivity contribution is 7.98. The van der Waals surface area contributed by atoms with Gasteiger partial charge in [0.1, 0.15) is 12.1 Å². The summed E-state index contributed by atoms with van der Waals surface area (Å²) in [5, 5.41) is 0.411. The average molecular weight is 339 g/mol. The molecule has 0 atom stereocenters. The predicted octanol–water partition coefficient (Wildman–Crippen LogP) is 1.15. The Hall–Kier alpha value is -1.83. The molecule has 1 aliphatic rings. The van der Waals surface area contributed by atoms with E-state index in [9.17, 15) is 14.4 Å². The smallest absolute Gasteiger partial charge is 0.345 e. The van der Waals surface area contributed by atoms with E-state index in [4.69, 9.17) is 4.74 Å². The molecule has 0 unspecified atom stereocenters. The standard InChI is InChI=1S/C15H21N3O4S/c1-3-22-14(21)11-9-16-15(23-2)18(13(11)20)10-12(19)17-7-5-4-6-8-17/h9H,3-8,10H2,1-2H3. The van der Waals surface area contributed by atoms with Crippen LogP contribution in [0.15, 0.2) is 16.1 Å². The van der Waals surface area contributed by atoms with Gasteiger partial charge < -0.3 is 9.64 Å². The van der Waals surface area contributed by atoms with E-state index in [2.05, 4.69) is 4.98 Å². The molecular formula is C15H21N3O4S. The molecule has 7 nitrogen and oxygen atoms in total. The molecule has 2 rings (SSSR count). The van der Waals surface area contributed by atoms with Gasteiger partial charge in [0.2, 0.25) is 5.91 Å².